The van der Waals surface area contributed by atoms with Crippen LogP contribution in [0.25, 0.3) is 6.08 Å². The van der Waals surface area contributed by atoms with E-state index in [0.29, 0.717) is 48.2 Å². The van der Waals surface area contributed by atoms with Gasteiger partial charge in [0.05, 0.1) is 31.0 Å². The first-order valence-electron chi connectivity index (χ1n) is 10.2. The van der Waals surface area contributed by atoms with E-state index in [-0.39, 0.29) is 11.5 Å². The molecule has 0 radical (unpaired) electrons. The second-order valence-corrected chi connectivity index (χ2v) is 7.55. The minimum Gasteiger partial charge on any atom is -0.497 e. The fourth-order valence-corrected chi connectivity index (χ4v) is 3.92. The molecule has 0 unspecified atom stereocenters. The van der Waals surface area contributed by atoms with Gasteiger partial charge >= 0.3 is 0 Å². The molecule has 0 spiro atoms. The van der Waals surface area contributed by atoms with Crippen LogP contribution in [0.5, 0.6) is 23.0 Å². The van der Waals surface area contributed by atoms with E-state index >= 15 is 0 Å². The van der Waals surface area contributed by atoms with Gasteiger partial charge in [0.1, 0.15) is 29.7 Å². The molecule has 7 nitrogen and oxygen atoms in total. The molecular formula is C25H22N2O5. The van der Waals surface area contributed by atoms with Gasteiger partial charge in [0.25, 0.3) is 0 Å². The van der Waals surface area contributed by atoms with Crippen molar-refractivity contribution in [2.75, 3.05) is 21.0 Å². The molecule has 0 saturated carbocycles. The molecule has 5 rings (SSSR count). The van der Waals surface area contributed by atoms with E-state index in [9.17, 15) is 4.79 Å². The summed E-state index contributed by atoms with van der Waals surface area (Å²) >= 11 is 0. The molecule has 0 saturated heterocycles. The fraction of sp³-hybridized carbons (Fsp3) is 0.200. The van der Waals surface area contributed by atoms with Gasteiger partial charge in [-0.05, 0) is 48.5 Å². The summed E-state index contributed by atoms with van der Waals surface area (Å²) in [6.07, 6.45) is 3.46. The summed E-state index contributed by atoms with van der Waals surface area (Å²) in [5.41, 5.74) is 3.04. The van der Waals surface area contributed by atoms with E-state index in [2.05, 4.69) is 9.88 Å². The Morgan fingerprint density at radius 3 is 2.81 bits per heavy atom. The lowest BCUT2D eigenvalue weighted by atomic mass is 10.0. The van der Waals surface area contributed by atoms with Crippen LogP contribution in [0.3, 0.4) is 0 Å². The maximum absolute atomic E-state index is 13.1. The Morgan fingerprint density at radius 1 is 1.12 bits per heavy atom. The number of hydrogen-bond donors (Lipinski definition) is 0. The third-order valence-electron chi connectivity index (χ3n) is 5.52. The lowest BCUT2D eigenvalue weighted by Crippen LogP contribution is -2.32. The predicted octanol–water partition coefficient (Wildman–Crippen LogP) is 4.07. The molecule has 2 aliphatic rings. The molecule has 0 amide bonds. The Bertz CT molecular complexity index is 1210. The number of ketones is 1. The zero-order valence-corrected chi connectivity index (χ0v) is 17.8. The molecule has 162 valence electrons. The van der Waals surface area contributed by atoms with Crippen LogP contribution in [-0.4, -0.2) is 36.6 Å². The number of allylic oxidation sites excluding steroid dienone is 1. The maximum Gasteiger partial charge on any atom is 0.231 e. The van der Waals surface area contributed by atoms with Gasteiger partial charge in [-0.3, -0.25) is 14.7 Å². The third-order valence-corrected chi connectivity index (χ3v) is 5.52. The summed E-state index contributed by atoms with van der Waals surface area (Å²) in [6.45, 7) is 1.68. The molecule has 2 aromatic carbocycles. The molecule has 7 heteroatoms. The standard InChI is InChI=1S/C25H22N2O5/c1-29-18-6-8-21(30-2)16(11-18)12-23-24(28)19-7-9-22-20(25(19)32-23)14-27(15-31-22)13-17-5-3-4-10-26-17/h3-12H,13-15H2,1-2H3. The molecule has 0 bridgehead atoms. The van der Waals surface area contributed by atoms with Crippen LogP contribution >= 0.6 is 0 Å². The van der Waals surface area contributed by atoms with E-state index in [1.165, 1.54) is 0 Å². The highest BCUT2D eigenvalue weighted by atomic mass is 16.5. The summed E-state index contributed by atoms with van der Waals surface area (Å²) in [7, 11) is 3.18. The molecule has 0 aliphatic carbocycles. The summed E-state index contributed by atoms with van der Waals surface area (Å²) in [5.74, 6) is 2.63. The van der Waals surface area contributed by atoms with Gasteiger partial charge < -0.3 is 18.9 Å². The molecule has 0 N–H and O–H groups in total. The number of benzene rings is 2. The van der Waals surface area contributed by atoms with E-state index in [1.54, 1.807) is 50.8 Å². The predicted molar refractivity (Wildman–Crippen MR) is 118 cm³/mol. The van der Waals surface area contributed by atoms with Crippen LogP contribution in [-0.2, 0) is 13.1 Å². The average Bonchev–Trinajstić information content (AvgIpc) is 3.15. The van der Waals surface area contributed by atoms with Gasteiger partial charge in [0, 0.05) is 24.8 Å². The number of fused-ring (bicyclic) bond motifs is 3. The summed E-state index contributed by atoms with van der Waals surface area (Å²) < 4.78 is 22.8. The Kier molecular flexibility index (Phi) is 5.25. The third kappa shape index (κ3) is 3.67. The number of aromatic nitrogens is 1. The van der Waals surface area contributed by atoms with E-state index < -0.39 is 0 Å². The normalized spacial score (nSPS) is 16.2. The largest absolute Gasteiger partial charge is 0.497 e. The van der Waals surface area contributed by atoms with E-state index in [0.717, 1.165) is 17.0 Å². The average molecular weight is 430 g/mol. The smallest absolute Gasteiger partial charge is 0.231 e. The van der Waals surface area contributed by atoms with Gasteiger partial charge in [0.15, 0.2) is 5.76 Å². The number of rotatable bonds is 5. The maximum atomic E-state index is 13.1. The Labute approximate surface area is 185 Å². The van der Waals surface area contributed by atoms with Crippen molar-refractivity contribution in [3.8, 4) is 23.0 Å². The molecule has 0 atom stereocenters. The summed E-state index contributed by atoms with van der Waals surface area (Å²) in [6, 6.07) is 14.8. The number of pyridine rings is 1. The second-order valence-electron chi connectivity index (χ2n) is 7.55. The Hall–Kier alpha value is -3.84. The quantitative estimate of drug-likeness (QED) is 0.565. The van der Waals surface area contributed by atoms with Gasteiger partial charge in [-0.25, -0.2) is 0 Å². The van der Waals surface area contributed by atoms with Gasteiger partial charge in [-0.1, -0.05) is 6.07 Å². The Morgan fingerprint density at radius 2 is 2.03 bits per heavy atom. The van der Waals surface area contributed by atoms with Crippen molar-refractivity contribution in [1.82, 2.24) is 9.88 Å². The van der Waals surface area contributed by atoms with Crippen molar-refractivity contribution in [3.63, 3.8) is 0 Å². The number of methoxy groups -OCH3 is 2. The van der Waals surface area contributed by atoms with Crippen molar-refractivity contribution < 1.29 is 23.7 Å². The summed E-state index contributed by atoms with van der Waals surface area (Å²) in [5, 5.41) is 0. The zero-order chi connectivity index (χ0) is 22.1. The number of Topliss-reactive ketones (excluding diaryl/α,β-unsaturated/α-hetero) is 1. The first-order valence-corrected chi connectivity index (χ1v) is 10.2. The zero-order valence-electron chi connectivity index (χ0n) is 17.8. The first kappa shape index (κ1) is 20.1. The highest BCUT2D eigenvalue weighted by molar-refractivity contribution is 6.15. The highest BCUT2D eigenvalue weighted by Crippen LogP contribution is 2.42. The summed E-state index contributed by atoms with van der Waals surface area (Å²) in [4.78, 5) is 19.6. The van der Waals surface area contributed by atoms with Gasteiger partial charge in [-0.15, -0.1) is 0 Å². The number of ether oxygens (including phenoxy) is 4. The molecule has 2 aliphatic heterocycles. The van der Waals surface area contributed by atoms with Crippen LogP contribution in [0.4, 0.5) is 0 Å². The van der Waals surface area contributed by atoms with E-state index in [1.807, 2.05) is 24.3 Å². The lowest BCUT2D eigenvalue weighted by molar-refractivity contribution is 0.0861. The van der Waals surface area contributed by atoms with Crippen molar-refractivity contribution in [2.24, 2.45) is 0 Å². The number of nitrogens with zero attached hydrogens (tertiary/aromatic N) is 2. The number of carbonyl (C=O) groups excluding carboxylic acids is 1. The lowest BCUT2D eigenvalue weighted by Gasteiger charge is -2.29. The van der Waals surface area contributed by atoms with Crippen LogP contribution in [0.2, 0.25) is 0 Å². The molecule has 3 aromatic rings. The van der Waals surface area contributed by atoms with Gasteiger partial charge in [0.2, 0.25) is 5.78 Å². The molecule has 0 fully saturated rings. The van der Waals surface area contributed by atoms with Crippen LogP contribution in [0, 0.1) is 0 Å². The van der Waals surface area contributed by atoms with Crippen molar-refractivity contribution in [3.05, 3.63) is 82.9 Å². The van der Waals surface area contributed by atoms with Crippen LogP contribution in [0.1, 0.15) is 27.2 Å². The minimum atomic E-state index is -0.172. The van der Waals surface area contributed by atoms with Crippen molar-refractivity contribution in [2.45, 2.75) is 13.1 Å². The van der Waals surface area contributed by atoms with Crippen molar-refractivity contribution in [1.29, 1.82) is 0 Å². The minimum absolute atomic E-state index is 0.172. The monoisotopic (exact) mass is 430 g/mol. The van der Waals surface area contributed by atoms with Gasteiger partial charge in [-0.2, -0.15) is 0 Å². The first-order chi connectivity index (χ1) is 15.7. The topological polar surface area (TPSA) is 70.1 Å². The highest BCUT2D eigenvalue weighted by Gasteiger charge is 2.33. The molecule has 3 heterocycles. The molecule has 1 aromatic heterocycles. The SMILES string of the molecule is COc1ccc(OC)c(C=C2Oc3c(ccc4c3CN(Cc3ccccn3)CO4)C2=O)c1. The number of carbonyl (C=O) groups is 1. The fourth-order valence-electron chi connectivity index (χ4n) is 3.92. The molecule has 32 heavy (non-hydrogen) atoms. The van der Waals surface area contributed by atoms with Crippen molar-refractivity contribution >= 4 is 11.9 Å². The van der Waals surface area contributed by atoms with Crippen LogP contribution in [0.15, 0.2) is 60.5 Å². The van der Waals surface area contributed by atoms with E-state index in [4.69, 9.17) is 18.9 Å². The van der Waals surface area contributed by atoms with Crippen LogP contribution < -0.4 is 18.9 Å². The molecular weight excluding hydrogens is 408 g/mol. The second kappa shape index (κ2) is 8.36. The Balaban J connectivity index is 1.45. The number of hydrogen-bond acceptors (Lipinski definition) is 7.